The number of benzene rings is 1. The van der Waals surface area contributed by atoms with Gasteiger partial charge in [-0.1, -0.05) is 12.1 Å². The van der Waals surface area contributed by atoms with E-state index >= 15 is 0 Å². The molecule has 3 rings (SSSR count). The molecule has 2 heterocycles. The van der Waals surface area contributed by atoms with Gasteiger partial charge in [-0.3, -0.25) is 0 Å². The van der Waals surface area contributed by atoms with Crippen LogP contribution in [0.2, 0.25) is 0 Å². The standard InChI is InChI=1S/C22H29NO5/c1-22(2,3)28-21(25)23-10-7-15(8-11-23)18(14-20(24)26-4)17-6-5-16-9-12-27-19(16)13-17/h5-6,13-15H,7-12H2,1-4H3. The SMILES string of the molecule is COC(=O)C=C(c1ccc2c(c1)OCC2)C1CCN(C(=O)OC(C)(C)C)CC1. The lowest BCUT2D eigenvalue weighted by Gasteiger charge is -2.34. The molecule has 1 aromatic rings. The molecule has 0 unspecified atom stereocenters. The molecule has 0 bridgehead atoms. The molecule has 152 valence electrons. The van der Waals surface area contributed by atoms with E-state index in [4.69, 9.17) is 14.2 Å². The first-order valence-corrected chi connectivity index (χ1v) is 9.80. The first-order valence-electron chi connectivity index (χ1n) is 9.80. The van der Waals surface area contributed by atoms with Crippen molar-refractivity contribution in [2.45, 2.75) is 45.6 Å². The van der Waals surface area contributed by atoms with Crippen molar-refractivity contribution in [1.82, 2.24) is 4.90 Å². The molecule has 0 atom stereocenters. The summed E-state index contributed by atoms with van der Waals surface area (Å²) in [6.07, 6.45) is 3.74. The molecule has 2 aliphatic heterocycles. The number of esters is 1. The highest BCUT2D eigenvalue weighted by Gasteiger charge is 2.29. The Labute approximate surface area is 166 Å². The fourth-order valence-electron chi connectivity index (χ4n) is 3.67. The third-order valence-corrected chi connectivity index (χ3v) is 5.09. The van der Waals surface area contributed by atoms with Gasteiger partial charge in [0.1, 0.15) is 11.4 Å². The number of ether oxygens (including phenoxy) is 3. The van der Waals surface area contributed by atoms with Gasteiger partial charge in [0, 0.05) is 25.6 Å². The van der Waals surface area contributed by atoms with Crippen molar-refractivity contribution in [2.24, 2.45) is 5.92 Å². The van der Waals surface area contributed by atoms with Crippen LogP contribution >= 0.6 is 0 Å². The monoisotopic (exact) mass is 387 g/mol. The van der Waals surface area contributed by atoms with Gasteiger partial charge in [-0.05, 0) is 62.3 Å². The number of fused-ring (bicyclic) bond motifs is 1. The number of carbonyl (C=O) groups is 2. The predicted octanol–water partition coefficient (Wildman–Crippen LogP) is 3.83. The number of likely N-dealkylation sites (tertiary alicyclic amines) is 1. The molecule has 0 spiro atoms. The van der Waals surface area contributed by atoms with Gasteiger partial charge < -0.3 is 19.1 Å². The van der Waals surface area contributed by atoms with E-state index in [1.54, 1.807) is 11.0 Å². The van der Waals surface area contributed by atoms with E-state index in [-0.39, 0.29) is 18.0 Å². The summed E-state index contributed by atoms with van der Waals surface area (Å²) in [5.41, 5.74) is 2.60. The van der Waals surface area contributed by atoms with Crippen molar-refractivity contribution >= 4 is 17.6 Å². The third kappa shape index (κ3) is 4.86. The van der Waals surface area contributed by atoms with E-state index in [0.717, 1.165) is 36.1 Å². The summed E-state index contributed by atoms with van der Waals surface area (Å²) in [6, 6.07) is 6.12. The molecule has 0 aliphatic carbocycles. The van der Waals surface area contributed by atoms with Crippen LogP contribution in [0, 0.1) is 5.92 Å². The van der Waals surface area contributed by atoms with Gasteiger partial charge in [-0.2, -0.15) is 0 Å². The van der Waals surface area contributed by atoms with Crippen LogP contribution in [0.4, 0.5) is 4.79 Å². The van der Waals surface area contributed by atoms with E-state index in [1.165, 1.54) is 12.7 Å². The molecule has 6 nitrogen and oxygen atoms in total. The van der Waals surface area contributed by atoms with Crippen LogP contribution in [0.5, 0.6) is 5.75 Å². The van der Waals surface area contributed by atoms with E-state index in [9.17, 15) is 9.59 Å². The van der Waals surface area contributed by atoms with Crippen molar-refractivity contribution in [3.63, 3.8) is 0 Å². The van der Waals surface area contributed by atoms with Gasteiger partial charge in [0.2, 0.25) is 0 Å². The summed E-state index contributed by atoms with van der Waals surface area (Å²) in [4.78, 5) is 26.0. The fourth-order valence-corrected chi connectivity index (χ4v) is 3.67. The zero-order valence-electron chi connectivity index (χ0n) is 17.1. The summed E-state index contributed by atoms with van der Waals surface area (Å²) in [7, 11) is 1.38. The Morgan fingerprint density at radius 2 is 1.93 bits per heavy atom. The Morgan fingerprint density at radius 3 is 2.57 bits per heavy atom. The summed E-state index contributed by atoms with van der Waals surface area (Å²) < 4.78 is 16.0. The number of piperidine rings is 1. The van der Waals surface area contributed by atoms with Gasteiger partial charge in [0.05, 0.1) is 13.7 Å². The minimum Gasteiger partial charge on any atom is -0.493 e. The molecule has 0 radical (unpaired) electrons. The number of allylic oxidation sites excluding steroid dienone is 1. The topological polar surface area (TPSA) is 65.1 Å². The van der Waals surface area contributed by atoms with Crippen LogP contribution in [0.25, 0.3) is 5.57 Å². The molecule has 28 heavy (non-hydrogen) atoms. The molecule has 1 fully saturated rings. The van der Waals surface area contributed by atoms with E-state index in [2.05, 4.69) is 6.07 Å². The first-order chi connectivity index (χ1) is 13.3. The number of carbonyl (C=O) groups excluding carboxylic acids is 2. The highest BCUT2D eigenvalue weighted by Crippen LogP contribution is 2.36. The van der Waals surface area contributed by atoms with Crippen LogP contribution in [0.1, 0.15) is 44.7 Å². The molecule has 1 amide bonds. The molecule has 0 aromatic heterocycles. The number of methoxy groups -OCH3 is 1. The Morgan fingerprint density at radius 1 is 1.21 bits per heavy atom. The van der Waals surface area contributed by atoms with Gasteiger partial charge >= 0.3 is 12.1 Å². The smallest absolute Gasteiger partial charge is 0.410 e. The van der Waals surface area contributed by atoms with Crippen molar-refractivity contribution in [1.29, 1.82) is 0 Å². The van der Waals surface area contributed by atoms with Crippen LogP contribution in [-0.2, 0) is 20.7 Å². The summed E-state index contributed by atoms with van der Waals surface area (Å²) in [5.74, 6) is 0.683. The van der Waals surface area contributed by atoms with Gasteiger partial charge in [-0.25, -0.2) is 9.59 Å². The van der Waals surface area contributed by atoms with Crippen molar-refractivity contribution in [2.75, 3.05) is 26.8 Å². The van der Waals surface area contributed by atoms with Crippen LogP contribution in [0.15, 0.2) is 24.3 Å². The maximum absolute atomic E-state index is 12.3. The average Bonchev–Trinajstić information content (AvgIpc) is 3.12. The highest BCUT2D eigenvalue weighted by molar-refractivity contribution is 5.92. The minimum atomic E-state index is -0.506. The average molecular weight is 387 g/mol. The Bertz CT molecular complexity index is 770. The van der Waals surface area contributed by atoms with Crippen molar-refractivity contribution in [3.05, 3.63) is 35.4 Å². The van der Waals surface area contributed by atoms with Crippen LogP contribution in [-0.4, -0.2) is 49.4 Å². The highest BCUT2D eigenvalue weighted by atomic mass is 16.6. The quantitative estimate of drug-likeness (QED) is 0.583. The number of hydrogen-bond donors (Lipinski definition) is 0. The second-order valence-electron chi connectivity index (χ2n) is 8.29. The zero-order valence-corrected chi connectivity index (χ0v) is 17.1. The lowest BCUT2D eigenvalue weighted by Crippen LogP contribution is -2.41. The molecule has 1 aromatic carbocycles. The van der Waals surface area contributed by atoms with Gasteiger partial charge in [0.25, 0.3) is 0 Å². The Kier molecular flexibility index (Phi) is 5.96. The molecule has 1 saturated heterocycles. The first kappa shape index (κ1) is 20.2. The molecule has 0 saturated carbocycles. The molecular weight excluding hydrogens is 358 g/mol. The largest absolute Gasteiger partial charge is 0.493 e. The van der Waals surface area contributed by atoms with Gasteiger partial charge in [-0.15, -0.1) is 0 Å². The maximum Gasteiger partial charge on any atom is 0.410 e. The van der Waals surface area contributed by atoms with Crippen LogP contribution < -0.4 is 4.74 Å². The van der Waals surface area contributed by atoms with Gasteiger partial charge in [0.15, 0.2) is 0 Å². The molecule has 6 heteroatoms. The predicted molar refractivity (Wildman–Crippen MR) is 106 cm³/mol. The lowest BCUT2D eigenvalue weighted by molar-refractivity contribution is -0.134. The second-order valence-corrected chi connectivity index (χ2v) is 8.29. The maximum atomic E-state index is 12.3. The van der Waals surface area contributed by atoms with Crippen LogP contribution in [0.3, 0.4) is 0 Å². The van der Waals surface area contributed by atoms with Crippen molar-refractivity contribution < 1.29 is 23.8 Å². The summed E-state index contributed by atoms with van der Waals surface area (Å²) >= 11 is 0. The van der Waals surface area contributed by atoms with E-state index in [1.807, 2.05) is 32.9 Å². The number of rotatable bonds is 3. The van der Waals surface area contributed by atoms with E-state index < -0.39 is 5.60 Å². The fraction of sp³-hybridized carbons (Fsp3) is 0.545. The minimum absolute atomic E-state index is 0.164. The second kappa shape index (κ2) is 8.25. The van der Waals surface area contributed by atoms with E-state index in [0.29, 0.717) is 19.7 Å². The Hall–Kier alpha value is -2.50. The normalized spacial score (nSPS) is 17.7. The van der Waals surface area contributed by atoms with Crippen molar-refractivity contribution in [3.8, 4) is 5.75 Å². The zero-order chi connectivity index (χ0) is 20.3. The number of nitrogens with zero attached hydrogens (tertiary/aromatic N) is 1. The summed E-state index contributed by atoms with van der Waals surface area (Å²) in [5, 5.41) is 0. The molecule has 2 aliphatic rings. The summed E-state index contributed by atoms with van der Waals surface area (Å²) in [6.45, 7) is 7.49. The number of hydrogen-bond acceptors (Lipinski definition) is 5. The molecular formula is C22H29NO5. The lowest BCUT2D eigenvalue weighted by atomic mass is 9.84. The number of amides is 1. The molecule has 0 N–H and O–H groups in total. The third-order valence-electron chi connectivity index (χ3n) is 5.09. The Balaban J connectivity index is 1.75.